The third-order valence-electron chi connectivity index (χ3n) is 6.63. The number of nitrogens with zero attached hydrogens (tertiary/aromatic N) is 4. The van der Waals surface area contributed by atoms with E-state index in [0.717, 1.165) is 40.9 Å². The van der Waals surface area contributed by atoms with Gasteiger partial charge in [-0.3, -0.25) is 0 Å². The Labute approximate surface area is 202 Å². The van der Waals surface area contributed by atoms with Crippen LogP contribution >= 0.6 is 15.9 Å². The number of nitriles is 1. The second-order valence-corrected chi connectivity index (χ2v) is 9.91. The standard InChI is InChI=1S/C27H27BrN4O/c1-31-10-8-19(9-11-31)17-33-18-25-14-21-6-7-24(15-29)30-27(21)32(25)16-22-13-23(28)12-20-4-2-3-5-26(20)22/h2-7,12-14,19H,8-11,16-18H2,1H3. The topological polar surface area (TPSA) is 54.1 Å². The van der Waals surface area contributed by atoms with Crippen LogP contribution in [-0.2, 0) is 17.9 Å². The van der Waals surface area contributed by atoms with E-state index in [1.807, 2.05) is 6.07 Å². The molecule has 0 N–H and O–H groups in total. The van der Waals surface area contributed by atoms with Gasteiger partial charge in [0.1, 0.15) is 17.4 Å². The number of ether oxygens (including phenoxy) is 1. The Morgan fingerprint density at radius 3 is 2.73 bits per heavy atom. The highest BCUT2D eigenvalue weighted by Crippen LogP contribution is 2.28. The van der Waals surface area contributed by atoms with E-state index in [4.69, 9.17) is 4.74 Å². The van der Waals surface area contributed by atoms with Crippen LogP contribution in [0.5, 0.6) is 0 Å². The molecule has 1 aliphatic rings. The van der Waals surface area contributed by atoms with Crippen LogP contribution in [0.2, 0.25) is 0 Å². The van der Waals surface area contributed by atoms with Crippen molar-refractivity contribution in [2.45, 2.75) is 26.0 Å². The van der Waals surface area contributed by atoms with Gasteiger partial charge in [0.25, 0.3) is 0 Å². The van der Waals surface area contributed by atoms with E-state index in [1.165, 1.54) is 29.2 Å². The molecule has 5 rings (SSSR count). The molecule has 33 heavy (non-hydrogen) atoms. The quantitative estimate of drug-likeness (QED) is 0.337. The Balaban J connectivity index is 1.47. The normalized spacial score (nSPS) is 15.3. The lowest BCUT2D eigenvalue weighted by molar-refractivity contribution is 0.0595. The van der Waals surface area contributed by atoms with Crippen LogP contribution in [0.4, 0.5) is 0 Å². The number of piperidine rings is 1. The molecule has 2 aromatic carbocycles. The largest absolute Gasteiger partial charge is 0.375 e. The summed E-state index contributed by atoms with van der Waals surface area (Å²) in [4.78, 5) is 7.03. The van der Waals surface area contributed by atoms with Gasteiger partial charge in [-0.05, 0) is 85.6 Å². The van der Waals surface area contributed by atoms with Crippen LogP contribution in [0.1, 0.15) is 29.8 Å². The van der Waals surface area contributed by atoms with Gasteiger partial charge in [0.2, 0.25) is 0 Å². The van der Waals surface area contributed by atoms with Crippen LogP contribution in [0.25, 0.3) is 21.8 Å². The van der Waals surface area contributed by atoms with Gasteiger partial charge < -0.3 is 14.2 Å². The fraction of sp³-hybridized carbons (Fsp3) is 0.333. The summed E-state index contributed by atoms with van der Waals surface area (Å²) in [7, 11) is 2.18. The molecule has 0 saturated carbocycles. The van der Waals surface area contributed by atoms with Crippen molar-refractivity contribution in [1.82, 2.24) is 14.5 Å². The summed E-state index contributed by atoms with van der Waals surface area (Å²) in [6.07, 6.45) is 2.38. The predicted molar refractivity (Wildman–Crippen MR) is 135 cm³/mol. The average molecular weight is 503 g/mol. The van der Waals surface area contributed by atoms with E-state index in [-0.39, 0.29) is 0 Å². The van der Waals surface area contributed by atoms with Crippen LogP contribution in [0.3, 0.4) is 0 Å². The van der Waals surface area contributed by atoms with Gasteiger partial charge in [-0.1, -0.05) is 40.2 Å². The minimum absolute atomic E-state index is 0.430. The number of fused-ring (bicyclic) bond motifs is 2. The number of rotatable bonds is 6. The smallest absolute Gasteiger partial charge is 0.142 e. The molecule has 5 nitrogen and oxygen atoms in total. The van der Waals surface area contributed by atoms with Gasteiger partial charge in [-0.15, -0.1) is 0 Å². The van der Waals surface area contributed by atoms with Gasteiger partial charge >= 0.3 is 0 Å². The monoisotopic (exact) mass is 502 g/mol. The van der Waals surface area contributed by atoms with Crippen molar-refractivity contribution < 1.29 is 4.74 Å². The third kappa shape index (κ3) is 4.81. The zero-order valence-electron chi connectivity index (χ0n) is 18.8. The van der Waals surface area contributed by atoms with Crippen molar-refractivity contribution in [3.05, 3.63) is 76.0 Å². The summed E-state index contributed by atoms with van der Waals surface area (Å²) >= 11 is 3.67. The number of hydrogen-bond donors (Lipinski definition) is 0. The first-order valence-corrected chi connectivity index (χ1v) is 12.2. The van der Waals surface area contributed by atoms with E-state index in [9.17, 15) is 5.26 Å². The number of benzene rings is 2. The first-order chi connectivity index (χ1) is 16.1. The molecule has 0 radical (unpaired) electrons. The molecular weight excluding hydrogens is 476 g/mol. The van der Waals surface area contributed by atoms with E-state index < -0.39 is 0 Å². The molecule has 2 aromatic heterocycles. The Morgan fingerprint density at radius 1 is 1.09 bits per heavy atom. The predicted octanol–water partition coefficient (Wildman–Crippen LogP) is 5.73. The van der Waals surface area contributed by atoms with Gasteiger partial charge in [-0.25, -0.2) is 4.98 Å². The molecular formula is C27H27BrN4O. The average Bonchev–Trinajstić information content (AvgIpc) is 3.16. The Morgan fingerprint density at radius 2 is 1.91 bits per heavy atom. The van der Waals surface area contributed by atoms with Gasteiger partial charge in [0, 0.05) is 15.6 Å². The van der Waals surface area contributed by atoms with Gasteiger partial charge in [0.05, 0.1) is 19.8 Å². The van der Waals surface area contributed by atoms with Crippen molar-refractivity contribution in [2.24, 2.45) is 5.92 Å². The number of pyridine rings is 1. The summed E-state index contributed by atoms with van der Waals surface area (Å²) < 4.78 is 9.49. The lowest BCUT2D eigenvalue weighted by Crippen LogP contribution is -2.32. The van der Waals surface area contributed by atoms with Crippen molar-refractivity contribution in [3.63, 3.8) is 0 Å². The minimum atomic E-state index is 0.430. The highest BCUT2D eigenvalue weighted by molar-refractivity contribution is 9.10. The SMILES string of the molecule is CN1CCC(COCc2cc3ccc(C#N)nc3n2Cc2cc(Br)cc3ccccc23)CC1. The summed E-state index contributed by atoms with van der Waals surface area (Å²) in [5, 5.41) is 12.9. The molecule has 4 aromatic rings. The van der Waals surface area contributed by atoms with E-state index >= 15 is 0 Å². The zero-order valence-corrected chi connectivity index (χ0v) is 20.4. The Bertz CT molecular complexity index is 1330. The Kier molecular flexibility index (Phi) is 6.45. The lowest BCUT2D eigenvalue weighted by Gasteiger charge is -2.28. The maximum Gasteiger partial charge on any atom is 0.142 e. The molecule has 1 aliphatic heterocycles. The lowest BCUT2D eigenvalue weighted by atomic mass is 9.98. The van der Waals surface area contributed by atoms with Gasteiger partial charge in [0.15, 0.2) is 0 Å². The number of likely N-dealkylation sites (tertiary alicyclic amines) is 1. The van der Waals surface area contributed by atoms with E-state index in [0.29, 0.717) is 24.8 Å². The fourth-order valence-electron chi connectivity index (χ4n) is 4.75. The number of aromatic nitrogens is 2. The molecule has 6 heteroatoms. The third-order valence-corrected chi connectivity index (χ3v) is 7.08. The number of halogens is 1. The molecule has 0 atom stereocenters. The number of hydrogen-bond acceptors (Lipinski definition) is 4. The molecule has 0 amide bonds. The summed E-state index contributed by atoms with van der Waals surface area (Å²) in [5.41, 5.74) is 3.55. The van der Waals surface area contributed by atoms with Crippen molar-refractivity contribution in [3.8, 4) is 6.07 Å². The van der Waals surface area contributed by atoms with Gasteiger partial charge in [-0.2, -0.15) is 5.26 Å². The molecule has 0 spiro atoms. The minimum Gasteiger partial charge on any atom is -0.375 e. The highest BCUT2D eigenvalue weighted by Gasteiger charge is 2.18. The zero-order chi connectivity index (χ0) is 22.8. The molecule has 0 aliphatic carbocycles. The summed E-state index contributed by atoms with van der Waals surface area (Å²) in [5.74, 6) is 0.622. The van der Waals surface area contributed by atoms with Crippen LogP contribution in [0.15, 0.2) is 59.1 Å². The first-order valence-electron chi connectivity index (χ1n) is 11.4. The van der Waals surface area contributed by atoms with E-state index in [2.05, 4.69) is 86.0 Å². The first kappa shape index (κ1) is 22.1. The van der Waals surface area contributed by atoms with Crippen LogP contribution < -0.4 is 0 Å². The van der Waals surface area contributed by atoms with E-state index in [1.54, 1.807) is 6.07 Å². The maximum absolute atomic E-state index is 9.41. The molecule has 0 unspecified atom stereocenters. The second kappa shape index (κ2) is 9.64. The fourth-order valence-corrected chi connectivity index (χ4v) is 5.27. The second-order valence-electron chi connectivity index (χ2n) is 8.99. The molecule has 1 fully saturated rings. The summed E-state index contributed by atoms with van der Waals surface area (Å²) in [6.45, 7) is 4.27. The molecule has 168 valence electrons. The highest BCUT2D eigenvalue weighted by atomic mass is 79.9. The molecule has 0 bridgehead atoms. The molecule has 3 heterocycles. The van der Waals surface area contributed by atoms with Crippen molar-refractivity contribution in [2.75, 3.05) is 26.7 Å². The van der Waals surface area contributed by atoms with Crippen LogP contribution in [-0.4, -0.2) is 41.2 Å². The van der Waals surface area contributed by atoms with Crippen molar-refractivity contribution in [1.29, 1.82) is 5.26 Å². The van der Waals surface area contributed by atoms with Crippen molar-refractivity contribution >= 4 is 37.7 Å². The Hall–Kier alpha value is -2.72. The van der Waals surface area contributed by atoms with Crippen LogP contribution in [0, 0.1) is 17.2 Å². The summed E-state index contributed by atoms with van der Waals surface area (Å²) in [6, 6.07) is 20.8. The molecule has 1 saturated heterocycles. The maximum atomic E-state index is 9.41.